The molecule has 2 aromatic rings. The van der Waals surface area contributed by atoms with Crippen molar-refractivity contribution in [3.8, 4) is 0 Å². The maximum atomic E-state index is 14.6. The van der Waals surface area contributed by atoms with Crippen LogP contribution in [0.4, 0.5) is 22.0 Å². The van der Waals surface area contributed by atoms with Gasteiger partial charge >= 0.3 is 5.97 Å². The summed E-state index contributed by atoms with van der Waals surface area (Å²) in [4.78, 5) is 25.9. The average Bonchev–Trinajstić information content (AvgIpc) is 3.54. The summed E-state index contributed by atoms with van der Waals surface area (Å²) < 4.78 is 98.2. The second-order valence-corrected chi connectivity index (χ2v) is 13.2. The fourth-order valence-corrected chi connectivity index (χ4v) is 8.16. The molecule has 1 amide bonds. The third-order valence-electron chi connectivity index (χ3n) is 8.79. The SMILES string of the molecule is O=C(C1CCCN1S(=O)(=O)c1c(F)c(F)c(F)c(F)c1F)N(Cc1ccc(C2CCCCC2)cc1)C1(C(=O)O)C=CC=CC1. The summed E-state index contributed by atoms with van der Waals surface area (Å²) in [6, 6.07) is 5.74. The lowest BCUT2D eigenvalue weighted by molar-refractivity contribution is -0.158. The minimum Gasteiger partial charge on any atom is -0.479 e. The first-order chi connectivity index (χ1) is 20.9. The molecule has 1 saturated carbocycles. The quantitative estimate of drug-likeness (QED) is 0.219. The van der Waals surface area contributed by atoms with Crippen molar-refractivity contribution in [3.05, 3.63) is 88.8 Å². The highest BCUT2D eigenvalue weighted by Crippen LogP contribution is 2.37. The standard InChI is InChI=1S/C31H31F5N2O5S/c32-23-24(33)26(35)28(27(36)25(23)34)44(42,43)38-17-7-10-22(38)29(39)37(31(30(40)41)15-5-2-6-16-31)18-19-11-13-21(14-12-19)20-8-3-1-4-9-20/h2,5-6,11-15,20,22H,1,3-4,7-10,16-18H2,(H,40,41). The van der Waals surface area contributed by atoms with Crippen LogP contribution in [0.3, 0.4) is 0 Å². The van der Waals surface area contributed by atoms with Gasteiger partial charge in [-0.05, 0) is 48.8 Å². The summed E-state index contributed by atoms with van der Waals surface area (Å²) in [6.07, 6.45) is 11.1. The molecule has 2 unspecified atom stereocenters. The molecular formula is C31H31F5N2O5S. The molecule has 2 aromatic carbocycles. The Morgan fingerprint density at radius 1 is 0.864 bits per heavy atom. The Morgan fingerprint density at radius 2 is 1.48 bits per heavy atom. The molecule has 0 radical (unpaired) electrons. The second-order valence-electron chi connectivity index (χ2n) is 11.4. The molecule has 2 atom stereocenters. The number of halogens is 5. The molecule has 7 nitrogen and oxygen atoms in total. The lowest BCUT2D eigenvalue weighted by Crippen LogP contribution is -2.60. The van der Waals surface area contributed by atoms with Gasteiger partial charge in [-0.1, -0.05) is 61.8 Å². The maximum absolute atomic E-state index is 14.6. The maximum Gasteiger partial charge on any atom is 0.334 e. The fraction of sp³-hybridized carbons (Fsp3) is 0.419. The molecule has 0 bridgehead atoms. The Balaban J connectivity index is 1.52. The van der Waals surface area contributed by atoms with Gasteiger partial charge in [-0.25, -0.2) is 35.2 Å². The van der Waals surface area contributed by atoms with Gasteiger partial charge < -0.3 is 10.0 Å². The van der Waals surface area contributed by atoms with Gasteiger partial charge in [0.15, 0.2) is 33.7 Å². The fourth-order valence-electron chi connectivity index (χ4n) is 6.40. The molecule has 1 heterocycles. The van der Waals surface area contributed by atoms with E-state index in [-0.39, 0.29) is 25.8 Å². The Hall–Kier alpha value is -3.58. The summed E-state index contributed by atoms with van der Waals surface area (Å²) >= 11 is 0. The van der Waals surface area contributed by atoms with Crippen LogP contribution in [0.15, 0.2) is 53.5 Å². The molecule has 2 aliphatic carbocycles. The zero-order valence-corrected chi connectivity index (χ0v) is 24.4. The number of aliphatic carboxylic acids is 1. The van der Waals surface area contributed by atoms with Gasteiger partial charge in [0.25, 0.3) is 0 Å². The lowest BCUT2D eigenvalue weighted by Gasteiger charge is -2.41. The summed E-state index contributed by atoms with van der Waals surface area (Å²) in [7, 11) is -5.44. The van der Waals surface area contributed by atoms with Crippen molar-refractivity contribution >= 4 is 21.9 Å². The van der Waals surface area contributed by atoms with Crippen LogP contribution in [-0.4, -0.2) is 52.7 Å². The van der Waals surface area contributed by atoms with Gasteiger partial charge in [0, 0.05) is 19.5 Å². The number of benzene rings is 2. The van der Waals surface area contributed by atoms with E-state index in [2.05, 4.69) is 0 Å². The van der Waals surface area contributed by atoms with Crippen molar-refractivity contribution in [1.82, 2.24) is 9.21 Å². The predicted molar refractivity (Wildman–Crippen MR) is 149 cm³/mol. The molecule has 3 aliphatic rings. The molecule has 236 valence electrons. The number of carboxylic acids is 1. The van der Waals surface area contributed by atoms with Gasteiger partial charge in [-0.15, -0.1) is 0 Å². The molecule has 5 rings (SSSR count). The van der Waals surface area contributed by atoms with E-state index in [1.165, 1.54) is 18.6 Å². The van der Waals surface area contributed by atoms with E-state index in [4.69, 9.17) is 0 Å². The van der Waals surface area contributed by atoms with E-state index in [1.807, 2.05) is 12.1 Å². The molecule has 1 aliphatic heterocycles. The molecule has 1 saturated heterocycles. The van der Waals surface area contributed by atoms with Gasteiger partial charge in [0.1, 0.15) is 6.04 Å². The van der Waals surface area contributed by atoms with Crippen molar-refractivity contribution in [2.24, 2.45) is 0 Å². The van der Waals surface area contributed by atoms with Crippen LogP contribution in [0, 0.1) is 29.1 Å². The van der Waals surface area contributed by atoms with Gasteiger partial charge in [-0.3, -0.25) is 4.79 Å². The van der Waals surface area contributed by atoms with Gasteiger partial charge in [-0.2, -0.15) is 4.31 Å². The minimum atomic E-state index is -5.44. The molecule has 13 heteroatoms. The first-order valence-corrected chi connectivity index (χ1v) is 15.9. The molecule has 0 aromatic heterocycles. The van der Waals surface area contributed by atoms with Gasteiger partial charge in [0.2, 0.25) is 21.7 Å². The normalized spacial score (nSPS) is 22.8. The van der Waals surface area contributed by atoms with Crippen LogP contribution < -0.4 is 0 Å². The highest BCUT2D eigenvalue weighted by molar-refractivity contribution is 7.89. The monoisotopic (exact) mass is 638 g/mol. The van der Waals surface area contributed by atoms with Crippen molar-refractivity contribution < 1.29 is 45.1 Å². The molecule has 2 fully saturated rings. The summed E-state index contributed by atoms with van der Waals surface area (Å²) in [5.74, 6) is -14.5. The summed E-state index contributed by atoms with van der Waals surface area (Å²) in [5.41, 5.74) is -0.249. The van der Waals surface area contributed by atoms with Crippen LogP contribution in [0.5, 0.6) is 0 Å². The smallest absolute Gasteiger partial charge is 0.334 e. The van der Waals surface area contributed by atoms with E-state index in [1.54, 1.807) is 24.3 Å². The molecular weight excluding hydrogens is 607 g/mol. The highest BCUT2D eigenvalue weighted by Gasteiger charge is 2.51. The molecule has 1 N–H and O–H groups in total. The van der Waals surface area contributed by atoms with Crippen molar-refractivity contribution in [2.75, 3.05) is 6.54 Å². The largest absolute Gasteiger partial charge is 0.479 e. The van der Waals surface area contributed by atoms with Crippen LogP contribution >= 0.6 is 0 Å². The van der Waals surface area contributed by atoms with Crippen LogP contribution in [0.1, 0.15) is 68.4 Å². The number of carboxylic acid groups (broad SMARTS) is 1. The number of sulfonamides is 1. The Bertz CT molecular complexity index is 1590. The lowest BCUT2D eigenvalue weighted by atomic mass is 9.84. The van der Waals surface area contributed by atoms with E-state index in [0.29, 0.717) is 15.8 Å². The third kappa shape index (κ3) is 5.55. The Kier molecular flexibility index (Phi) is 8.99. The van der Waals surface area contributed by atoms with Crippen LogP contribution in [-0.2, 0) is 26.2 Å². The number of amides is 1. The van der Waals surface area contributed by atoms with E-state index >= 15 is 0 Å². The predicted octanol–water partition coefficient (Wildman–Crippen LogP) is 5.95. The number of allylic oxidation sites excluding steroid dienone is 2. The number of nitrogens with zero attached hydrogens (tertiary/aromatic N) is 2. The number of hydrogen-bond acceptors (Lipinski definition) is 4. The van der Waals surface area contributed by atoms with Crippen molar-refractivity contribution in [2.45, 2.75) is 80.3 Å². The molecule has 0 spiro atoms. The highest BCUT2D eigenvalue weighted by atomic mass is 32.2. The van der Waals surface area contributed by atoms with E-state index < -0.39 is 74.0 Å². The Morgan fingerprint density at radius 3 is 2.05 bits per heavy atom. The van der Waals surface area contributed by atoms with Crippen molar-refractivity contribution in [1.29, 1.82) is 0 Å². The minimum absolute atomic E-state index is 0.0186. The topological polar surface area (TPSA) is 95.0 Å². The van der Waals surface area contributed by atoms with Crippen molar-refractivity contribution in [3.63, 3.8) is 0 Å². The Labute approximate surface area is 251 Å². The number of rotatable bonds is 8. The number of carbonyl (C=O) groups excluding carboxylic acids is 1. The zero-order valence-electron chi connectivity index (χ0n) is 23.6. The first-order valence-electron chi connectivity index (χ1n) is 14.4. The first kappa shape index (κ1) is 31.8. The van der Waals surface area contributed by atoms with Crippen LogP contribution in [0.2, 0.25) is 0 Å². The van der Waals surface area contributed by atoms with Gasteiger partial charge in [0.05, 0.1) is 0 Å². The second kappa shape index (κ2) is 12.4. The van der Waals surface area contributed by atoms with E-state index in [0.717, 1.165) is 36.1 Å². The van der Waals surface area contributed by atoms with Crippen LogP contribution in [0.25, 0.3) is 0 Å². The summed E-state index contributed by atoms with van der Waals surface area (Å²) in [6.45, 7) is -0.709. The van der Waals surface area contributed by atoms with E-state index in [9.17, 15) is 45.1 Å². The third-order valence-corrected chi connectivity index (χ3v) is 10.7. The number of hydrogen-bond donors (Lipinski definition) is 1. The number of carbonyl (C=O) groups is 2. The zero-order chi connectivity index (χ0) is 31.8. The summed E-state index contributed by atoms with van der Waals surface area (Å²) in [5, 5.41) is 10.4. The average molecular weight is 639 g/mol. The molecule has 44 heavy (non-hydrogen) atoms.